The molecule has 0 aromatic carbocycles. The molecule has 0 fully saturated rings. The van der Waals surface area contributed by atoms with Crippen LogP contribution in [0.1, 0.15) is 11.4 Å². The smallest absolute Gasteiger partial charge is 0.239 e. The Bertz CT molecular complexity index is 492. The monoisotopic (exact) mass is 230 g/mol. The maximum atomic E-state index is 11.3. The predicted octanol–water partition coefficient (Wildman–Crippen LogP) is 0.615. The molecule has 0 saturated carbocycles. The summed E-state index contributed by atoms with van der Waals surface area (Å²) >= 11 is 0. The highest BCUT2D eigenvalue weighted by molar-refractivity contribution is 5.75. The van der Waals surface area contributed by atoms with Crippen molar-refractivity contribution in [2.24, 2.45) is 0 Å². The van der Waals surface area contributed by atoms with E-state index in [2.05, 4.69) is 15.3 Å². The molecule has 0 bridgehead atoms. The van der Waals surface area contributed by atoms with Crippen molar-refractivity contribution in [3.63, 3.8) is 0 Å². The Labute approximate surface area is 99.5 Å². The molecule has 88 valence electrons. The summed E-state index contributed by atoms with van der Waals surface area (Å²) in [6.07, 6.45) is 7.73. The Morgan fingerprint density at radius 2 is 2.35 bits per heavy atom. The Morgan fingerprint density at radius 1 is 1.47 bits per heavy atom. The third kappa shape index (κ3) is 2.90. The van der Waals surface area contributed by atoms with Gasteiger partial charge in [0, 0.05) is 38.3 Å². The number of hydrogen-bond acceptors (Lipinski definition) is 3. The molecule has 1 amide bonds. The fourth-order valence-corrected chi connectivity index (χ4v) is 1.57. The molecule has 0 atom stereocenters. The molecule has 0 spiro atoms. The van der Waals surface area contributed by atoms with E-state index < -0.39 is 0 Å². The molecular weight excluding hydrogens is 216 g/mol. The second kappa shape index (κ2) is 5.25. The maximum absolute atomic E-state index is 11.3. The minimum absolute atomic E-state index is 0.0320. The summed E-state index contributed by atoms with van der Waals surface area (Å²) in [6.45, 7) is 0.298. The lowest BCUT2D eigenvalue weighted by atomic mass is 10.2. The summed E-state index contributed by atoms with van der Waals surface area (Å²) in [7, 11) is 1.63. The Hall–Kier alpha value is -2.17. The molecule has 0 radical (unpaired) electrons. The lowest BCUT2D eigenvalue weighted by Gasteiger charge is -2.06. The minimum atomic E-state index is -0.0320. The van der Waals surface area contributed by atoms with E-state index in [-0.39, 0.29) is 5.91 Å². The molecule has 1 N–H and O–H groups in total. The van der Waals surface area contributed by atoms with Crippen LogP contribution in [0.2, 0.25) is 0 Å². The average Bonchev–Trinajstić information content (AvgIpc) is 2.78. The van der Waals surface area contributed by atoms with E-state index in [1.165, 1.54) is 0 Å². The highest BCUT2D eigenvalue weighted by atomic mass is 16.1. The van der Waals surface area contributed by atoms with Gasteiger partial charge in [0.2, 0.25) is 5.91 Å². The van der Waals surface area contributed by atoms with Gasteiger partial charge in [-0.15, -0.1) is 0 Å². The van der Waals surface area contributed by atoms with E-state index >= 15 is 0 Å². The first-order chi connectivity index (χ1) is 8.29. The lowest BCUT2D eigenvalue weighted by Crippen LogP contribution is -2.24. The van der Waals surface area contributed by atoms with Crippen molar-refractivity contribution in [1.82, 2.24) is 19.9 Å². The Balaban J connectivity index is 2.12. The summed E-state index contributed by atoms with van der Waals surface area (Å²) in [5.41, 5.74) is 1.08. The van der Waals surface area contributed by atoms with Gasteiger partial charge in [-0.1, -0.05) is 6.07 Å². The van der Waals surface area contributed by atoms with Crippen molar-refractivity contribution in [3.05, 3.63) is 48.3 Å². The highest BCUT2D eigenvalue weighted by Gasteiger charge is 2.07. The average molecular weight is 230 g/mol. The second-order valence-corrected chi connectivity index (χ2v) is 3.68. The standard InChI is InChI=1S/C12H14N4O/c1-13-12(17)9-16-6-5-15-11(16)7-10-3-2-4-14-8-10/h2-6,8H,7,9H2,1H3,(H,13,17). The van der Waals surface area contributed by atoms with E-state index in [1.54, 1.807) is 31.8 Å². The summed E-state index contributed by atoms with van der Waals surface area (Å²) < 4.78 is 1.84. The molecule has 5 nitrogen and oxygen atoms in total. The lowest BCUT2D eigenvalue weighted by molar-refractivity contribution is -0.121. The number of aromatic nitrogens is 3. The van der Waals surface area contributed by atoms with Crippen molar-refractivity contribution in [3.8, 4) is 0 Å². The number of nitrogens with zero attached hydrogens (tertiary/aromatic N) is 3. The summed E-state index contributed by atoms with van der Waals surface area (Å²) in [6, 6.07) is 3.88. The van der Waals surface area contributed by atoms with Crippen LogP contribution in [0.4, 0.5) is 0 Å². The number of imidazole rings is 1. The second-order valence-electron chi connectivity index (χ2n) is 3.68. The van der Waals surface area contributed by atoms with E-state index in [0.717, 1.165) is 11.4 Å². The van der Waals surface area contributed by atoms with Crippen LogP contribution in [0.5, 0.6) is 0 Å². The van der Waals surface area contributed by atoms with Gasteiger partial charge in [-0.25, -0.2) is 4.98 Å². The van der Waals surface area contributed by atoms with Crippen LogP contribution in [-0.4, -0.2) is 27.5 Å². The largest absolute Gasteiger partial charge is 0.358 e. The van der Waals surface area contributed by atoms with Crippen LogP contribution in [0.3, 0.4) is 0 Å². The molecule has 5 heteroatoms. The third-order valence-corrected chi connectivity index (χ3v) is 2.48. The van der Waals surface area contributed by atoms with Gasteiger partial charge >= 0.3 is 0 Å². The number of pyridine rings is 1. The quantitative estimate of drug-likeness (QED) is 0.837. The SMILES string of the molecule is CNC(=O)Cn1ccnc1Cc1cccnc1. The fourth-order valence-electron chi connectivity index (χ4n) is 1.57. The van der Waals surface area contributed by atoms with Gasteiger partial charge in [0.15, 0.2) is 0 Å². The van der Waals surface area contributed by atoms with E-state index in [4.69, 9.17) is 0 Å². The molecule has 0 unspecified atom stereocenters. The Kier molecular flexibility index (Phi) is 3.49. The normalized spacial score (nSPS) is 10.2. The first-order valence-electron chi connectivity index (χ1n) is 5.39. The molecule has 2 aromatic heterocycles. The van der Waals surface area contributed by atoms with E-state index in [9.17, 15) is 4.79 Å². The molecular formula is C12H14N4O. The van der Waals surface area contributed by atoms with Crippen LogP contribution in [0.25, 0.3) is 0 Å². The maximum Gasteiger partial charge on any atom is 0.239 e. The molecule has 0 aliphatic heterocycles. The molecule has 2 rings (SSSR count). The van der Waals surface area contributed by atoms with Crippen LogP contribution in [0, 0.1) is 0 Å². The van der Waals surface area contributed by atoms with Gasteiger partial charge in [-0.2, -0.15) is 0 Å². The van der Waals surface area contributed by atoms with Gasteiger partial charge in [0.25, 0.3) is 0 Å². The number of nitrogens with one attached hydrogen (secondary N) is 1. The zero-order valence-corrected chi connectivity index (χ0v) is 9.63. The zero-order chi connectivity index (χ0) is 12.1. The van der Waals surface area contributed by atoms with E-state index in [0.29, 0.717) is 13.0 Å². The number of carbonyl (C=O) groups excluding carboxylic acids is 1. The summed E-state index contributed by atoms with van der Waals surface area (Å²) in [5, 5.41) is 2.59. The highest BCUT2D eigenvalue weighted by Crippen LogP contribution is 2.06. The molecule has 0 saturated heterocycles. The molecule has 0 aliphatic rings. The molecule has 2 heterocycles. The number of likely N-dealkylation sites (N-methyl/N-ethyl adjacent to an activating group) is 1. The van der Waals surface area contributed by atoms with Gasteiger partial charge in [0.1, 0.15) is 12.4 Å². The van der Waals surface area contributed by atoms with E-state index in [1.807, 2.05) is 16.7 Å². The topological polar surface area (TPSA) is 59.8 Å². The van der Waals surface area contributed by atoms with Gasteiger partial charge in [0.05, 0.1) is 0 Å². The number of carbonyl (C=O) groups is 1. The van der Waals surface area contributed by atoms with Crippen LogP contribution < -0.4 is 5.32 Å². The van der Waals surface area contributed by atoms with Crippen molar-refractivity contribution in [2.45, 2.75) is 13.0 Å². The third-order valence-electron chi connectivity index (χ3n) is 2.48. The zero-order valence-electron chi connectivity index (χ0n) is 9.63. The first-order valence-corrected chi connectivity index (χ1v) is 5.39. The summed E-state index contributed by atoms with van der Waals surface area (Å²) in [4.78, 5) is 19.6. The van der Waals surface area contributed by atoms with Gasteiger partial charge in [-0.3, -0.25) is 9.78 Å². The molecule has 0 aliphatic carbocycles. The van der Waals surface area contributed by atoms with Crippen molar-refractivity contribution in [1.29, 1.82) is 0 Å². The van der Waals surface area contributed by atoms with Crippen molar-refractivity contribution in [2.75, 3.05) is 7.05 Å². The number of hydrogen-bond donors (Lipinski definition) is 1. The van der Waals surface area contributed by atoms with Crippen LogP contribution >= 0.6 is 0 Å². The fraction of sp³-hybridized carbons (Fsp3) is 0.250. The number of amides is 1. The predicted molar refractivity (Wildman–Crippen MR) is 63.3 cm³/mol. The van der Waals surface area contributed by atoms with Crippen LogP contribution in [-0.2, 0) is 17.8 Å². The Morgan fingerprint density at radius 3 is 3.06 bits per heavy atom. The van der Waals surface area contributed by atoms with Gasteiger partial charge < -0.3 is 9.88 Å². The van der Waals surface area contributed by atoms with Gasteiger partial charge in [-0.05, 0) is 11.6 Å². The summed E-state index contributed by atoms with van der Waals surface area (Å²) in [5.74, 6) is 0.831. The molecule has 2 aromatic rings. The molecule has 17 heavy (non-hydrogen) atoms. The minimum Gasteiger partial charge on any atom is -0.358 e. The number of rotatable bonds is 4. The van der Waals surface area contributed by atoms with Crippen molar-refractivity contribution < 1.29 is 4.79 Å². The van der Waals surface area contributed by atoms with Crippen LogP contribution in [0.15, 0.2) is 36.9 Å². The first kappa shape index (κ1) is 11.3. The van der Waals surface area contributed by atoms with Crippen molar-refractivity contribution >= 4 is 5.91 Å².